The Bertz CT molecular complexity index is 1340. The van der Waals surface area contributed by atoms with E-state index in [0.29, 0.717) is 35.3 Å². The zero-order valence-electron chi connectivity index (χ0n) is 18.9. The van der Waals surface area contributed by atoms with Gasteiger partial charge >= 0.3 is 0 Å². The predicted octanol–water partition coefficient (Wildman–Crippen LogP) is 6.06. The van der Waals surface area contributed by atoms with Gasteiger partial charge in [-0.1, -0.05) is 36.7 Å². The molecule has 0 fully saturated rings. The van der Waals surface area contributed by atoms with Crippen molar-refractivity contribution in [2.45, 2.75) is 20.3 Å². The molecule has 0 aliphatic carbocycles. The SMILES string of the molecule is CCC(=O)NCC=Cc1ccc2ncnc(Nc3ccc(Oc4ccc(C)nc4)c(Cl)c3)c2c1. The van der Waals surface area contributed by atoms with E-state index < -0.39 is 0 Å². The standard InChI is InChI=1S/C26H24ClN5O2/c1-3-25(33)28-12-4-5-18-7-10-23-21(13-18)26(31-16-30-23)32-19-8-11-24(22(27)14-19)34-20-9-6-17(2)29-15-20/h4-11,13-16H,3,12H2,1-2H3,(H,28,33)(H,30,31,32). The molecule has 7 nitrogen and oxygen atoms in total. The van der Waals surface area contributed by atoms with Crippen molar-refractivity contribution in [1.29, 1.82) is 0 Å². The molecule has 1 amide bonds. The van der Waals surface area contributed by atoms with Crippen molar-refractivity contribution in [1.82, 2.24) is 20.3 Å². The molecule has 2 N–H and O–H groups in total. The number of nitrogens with zero attached hydrogens (tertiary/aromatic N) is 3. The maximum absolute atomic E-state index is 11.4. The van der Waals surface area contributed by atoms with Gasteiger partial charge in [-0.2, -0.15) is 0 Å². The molecule has 4 aromatic rings. The quantitative estimate of drug-likeness (QED) is 0.323. The largest absolute Gasteiger partial charge is 0.454 e. The number of nitrogens with one attached hydrogen (secondary N) is 2. The van der Waals surface area contributed by atoms with Crippen LogP contribution in [0.15, 0.2) is 67.1 Å². The molecule has 0 saturated heterocycles. The Morgan fingerprint density at radius 3 is 2.74 bits per heavy atom. The van der Waals surface area contributed by atoms with Crippen LogP contribution in [0.3, 0.4) is 0 Å². The second kappa shape index (κ2) is 10.8. The topological polar surface area (TPSA) is 89.0 Å². The minimum atomic E-state index is 0.0219. The Labute approximate surface area is 202 Å². The lowest BCUT2D eigenvalue weighted by Crippen LogP contribution is -2.21. The van der Waals surface area contributed by atoms with Gasteiger partial charge in [0.1, 0.15) is 23.6 Å². The van der Waals surface area contributed by atoms with Crippen molar-refractivity contribution in [3.8, 4) is 11.5 Å². The Kier molecular flexibility index (Phi) is 7.34. The normalized spacial score (nSPS) is 11.0. The summed E-state index contributed by atoms with van der Waals surface area (Å²) >= 11 is 6.47. The van der Waals surface area contributed by atoms with Gasteiger partial charge in [0.25, 0.3) is 0 Å². The van der Waals surface area contributed by atoms with Crippen LogP contribution in [-0.4, -0.2) is 27.4 Å². The summed E-state index contributed by atoms with van der Waals surface area (Å²) in [5, 5.41) is 7.47. The number of benzene rings is 2. The molecule has 2 heterocycles. The monoisotopic (exact) mass is 473 g/mol. The van der Waals surface area contributed by atoms with Gasteiger partial charge in [0.05, 0.1) is 16.7 Å². The lowest BCUT2D eigenvalue weighted by atomic mass is 10.1. The van der Waals surface area contributed by atoms with Gasteiger partial charge < -0.3 is 15.4 Å². The summed E-state index contributed by atoms with van der Waals surface area (Å²) in [6.07, 6.45) is 7.51. The van der Waals surface area contributed by atoms with Gasteiger partial charge in [-0.3, -0.25) is 9.78 Å². The van der Waals surface area contributed by atoms with Gasteiger partial charge in [-0.15, -0.1) is 0 Å². The van der Waals surface area contributed by atoms with E-state index in [1.165, 1.54) is 6.33 Å². The van der Waals surface area contributed by atoms with Crippen LogP contribution in [0, 0.1) is 6.92 Å². The zero-order valence-corrected chi connectivity index (χ0v) is 19.6. The Morgan fingerprint density at radius 1 is 1.09 bits per heavy atom. The van der Waals surface area contributed by atoms with E-state index in [9.17, 15) is 4.79 Å². The van der Waals surface area contributed by atoms with Crippen molar-refractivity contribution in [2.75, 3.05) is 11.9 Å². The van der Waals surface area contributed by atoms with Crippen LogP contribution >= 0.6 is 11.6 Å². The second-order valence-electron chi connectivity index (χ2n) is 7.57. The number of halogens is 1. The smallest absolute Gasteiger partial charge is 0.219 e. The van der Waals surface area contributed by atoms with E-state index in [1.807, 2.05) is 62.4 Å². The molecule has 0 radical (unpaired) electrons. The molecule has 4 rings (SSSR count). The molecule has 0 saturated carbocycles. The minimum Gasteiger partial charge on any atom is -0.454 e. The summed E-state index contributed by atoms with van der Waals surface area (Å²) in [5.74, 6) is 1.83. The maximum Gasteiger partial charge on any atom is 0.219 e. The third-order valence-electron chi connectivity index (χ3n) is 5.01. The van der Waals surface area contributed by atoms with Crippen molar-refractivity contribution in [2.24, 2.45) is 0 Å². The highest BCUT2D eigenvalue weighted by Crippen LogP contribution is 2.33. The molecule has 0 bridgehead atoms. The number of carbonyl (C=O) groups is 1. The first kappa shape index (κ1) is 23.2. The number of aryl methyl sites for hydroxylation is 1. The van der Waals surface area contributed by atoms with E-state index in [1.54, 1.807) is 18.3 Å². The van der Waals surface area contributed by atoms with E-state index in [0.717, 1.165) is 27.8 Å². The van der Waals surface area contributed by atoms with Crippen LogP contribution in [0.5, 0.6) is 11.5 Å². The molecular formula is C26H24ClN5O2. The first-order chi connectivity index (χ1) is 16.5. The van der Waals surface area contributed by atoms with E-state index in [2.05, 4.69) is 25.6 Å². The molecule has 0 unspecified atom stereocenters. The zero-order chi connectivity index (χ0) is 23.9. The first-order valence-corrected chi connectivity index (χ1v) is 11.2. The highest BCUT2D eigenvalue weighted by molar-refractivity contribution is 6.32. The summed E-state index contributed by atoms with van der Waals surface area (Å²) in [7, 11) is 0. The Morgan fingerprint density at radius 2 is 1.97 bits per heavy atom. The Hall–Kier alpha value is -3.97. The summed E-state index contributed by atoms with van der Waals surface area (Å²) in [6, 6.07) is 15.1. The highest BCUT2D eigenvalue weighted by Gasteiger charge is 2.09. The van der Waals surface area contributed by atoms with E-state index in [-0.39, 0.29) is 5.91 Å². The van der Waals surface area contributed by atoms with Crippen LogP contribution in [0.1, 0.15) is 24.6 Å². The molecule has 0 aliphatic rings. The fourth-order valence-corrected chi connectivity index (χ4v) is 3.43. The number of aromatic nitrogens is 3. The van der Waals surface area contributed by atoms with Crippen LogP contribution in [0.25, 0.3) is 17.0 Å². The highest BCUT2D eigenvalue weighted by atomic mass is 35.5. The molecule has 0 atom stereocenters. The number of ether oxygens (including phenoxy) is 1. The van der Waals surface area contributed by atoms with E-state index >= 15 is 0 Å². The summed E-state index contributed by atoms with van der Waals surface area (Å²) in [6.45, 7) is 4.22. The van der Waals surface area contributed by atoms with Gasteiger partial charge in [0.15, 0.2) is 0 Å². The molecule has 172 valence electrons. The van der Waals surface area contributed by atoms with Crippen molar-refractivity contribution in [3.05, 3.63) is 83.4 Å². The summed E-state index contributed by atoms with van der Waals surface area (Å²) in [5.41, 5.74) is 3.47. The van der Waals surface area contributed by atoms with Gasteiger partial charge in [0, 0.05) is 29.7 Å². The number of pyridine rings is 1. The van der Waals surface area contributed by atoms with Gasteiger partial charge in [-0.25, -0.2) is 9.97 Å². The average molecular weight is 474 g/mol. The molecule has 2 aromatic heterocycles. The maximum atomic E-state index is 11.4. The lowest BCUT2D eigenvalue weighted by molar-refractivity contribution is -0.120. The molecule has 0 spiro atoms. The van der Waals surface area contributed by atoms with Crippen LogP contribution in [0.2, 0.25) is 5.02 Å². The van der Waals surface area contributed by atoms with Crippen molar-refractivity contribution >= 4 is 46.0 Å². The molecule has 34 heavy (non-hydrogen) atoms. The molecular weight excluding hydrogens is 450 g/mol. The van der Waals surface area contributed by atoms with Gasteiger partial charge in [-0.05, 0) is 55.0 Å². The fraction of sp³-hybridized carbons (Fsp3) is 0.154. The van der Waals surface area contributed by atoms with E-state index in [4.69, 9.17) is 16.3 Å². The minimum absolute atomic E-state index is 0.0219. The average Bonchev–Trinajstić information content (AvgIpc) is 2.85. The van der Waals surface area contributed by atoms with Crippen LogP contribution < -0.4 is 15.4 Å². The number of anilines is 2. The third-order valence-corrected chi connectivity index (χ3v) is 5.31. The summed E-state index contributed by atoms with van der Waals surface area (Å²) in [4.78, 5) is 24.4. The van der Waals surface area contributed by atoms with Gasteiger partial charge in [0.2, 0.25) is 5.91 Å². The number of rotatable bonds is 8. The Balaban J connectivity index is 1.51. The number of amides is 1. The number of fused-ring (bicyclic) bond motifs is 1. The second-order valence-corrected chi connectivity index (χ2v) is 7.97. The van der Waals surface area contributed by atoms with Crippen molar-refractivity contribution in [3.63, 3.8) is 0 Å². The first-order valence-electron chi connectivity index (χ1n) is 10.9. The number of hydrogen-bond acceptors (Lipinski definition) is 6. The predicted molar refractivity (Wildman–Crippen MR) is 136 cm³/mol. The third kappa shape index (κ3) is 5.88. The van der Waals surface area contributed by atoms with Crippen LogP contribution in [-0.2, 0) is 4.79 Å². The molecule has 0 aliphatic heterocycles. The molecule has 8 heteroatoms. The number of hydrogen-bond donors (Lipinski definition) is 2. The fourth-order valence-electron chi connectivity index (χ4n) is 3.21. The number of carbonyl (C=O) groups excluding carboxylic acids is 1. The van der Waals surface area contributed by atoms with Crippen molar-refractivity contribution < 1.29 is 9.53 Å². The van der Waals surface area contributed by atoms with Crippen LogP contribution in [0.4, 0.5) is 11.5 Å². The lowest BCUT2D eigenvalue weighted by Gasteiger charge is -2.12. The molecule has 2 aromatic carbocycles. The summed E-state index contributed by atoms with van der Waals surface area (Å²) < 4.78 is 5.84.